The number of hydrogen-bond donors (Lipinski definition) is 1. The van der Waals surface area contributed by atoms with Gasteiger partial charge in [0.15, 0.2) is 5.76 Å². The van der Waals surface area contributed by atoms with Gasteiger partial charge in [0.2, 0.25) is 5.91 Å². The van der Waals surface area contributed by atoms with Gasteiger partial charge in [-0.1, -0.05) is 0 Å². The van der Waals surface area contributed by atoms with E-state index in [-0.39, 0.29) is 24.3 Å². The monoisotopic (exact) mass is 279 g/mol. The van der Waals surface area contributed by atoms with Gasteiger partial charge in [-0.3, -0.25) is 9.59 Å². The lowest BCUT2D eigenvalue weighted by atomic mass is 9.95. The molecular weight excluding hydrogens is 258 g/mol. The molecule has 1 fully saturated rings. The Morgan fingerprint density at radius 1 is 1.35 bits per heavy atom. The van der Waals surface area contributed by atoms with Gasteiger partial charge in [-0.25, -0.2) is 0 Å². The summed E-state index contributed by atoms with van der Waals surface area (Å²) in [4.78, 5) is 27.5. The molecule has 2 rings (SSSR count). The molecule has 0 aliphatic carbocycles. The summed E-state index contributed by atoms with van der Waals surface area (Å²) in [6.07, 6.45) is 1.40. The van der Waals surface area contributed by atoms with Crippen molar-refractivity contribution < 1.29 is 14.0 Å². The maximum atomic E-state index is 12.2. The highest BCUT2D eigenvalue weighted by Gasteiger charge is 2.29. The molecule has 1 aliphatic heterocycles. The third-order valence-corrected chi connectivity index (χ3v) is 3.65. The molecule has 6 nitrogen and oxygen atoms in total. The first kappa shape index (κ1) is 14.6. The van der Waals surface area contributed by atoms with Crippen molar-refractivity contribution in [2.75, 3.05) is 27.2 Å². The van der Waals surface area contributed by atoms with Crippen LogP contribution in [0.4, 0.5) is 0 Å². The largest absolute Gasteiger partial charge is 0.455 e. The van der Waals surface area contributed by atoms with Gasteiger partial charge < -0.3 is 20.0 Å². The van der Waals surface area contributed by atoms with E-state index in [1.807, 2.05) is 0 Å². The van der Waals surface area contributed by atoms with E-state index in [1.165, 1.54) is 0 Å². The second-order valence-corrected chi connectivity index (χ2v) is 5.27. The number of piperidine rings is 1. The van der Waals surface area contributed by atoms with Crippen molar-refractivity contribution in [3.8, 4) is 0 Å². The number of furan rings is 1. The van der Waals surface area contributed by atoms with Crippen LogP contribution in [0.3, 0.4) is 0 Å². The van der Waals surface area contributed by atoms with Gasteiger partial charge in [-0.2, -0.15) is 0 Å². The molecule has 110 valence electrons. The Balaban J connectivity index is 1.93. The van der Waals surface area contributed by atoms with E-state index >= 15 is 0 Å². The molecular formula is C14H21N3O3. The number of nitrogens with two attached hydrogens (primary N) is 1. The van der Waals surface area contributed by atoms with Gasteiger partial charge in [0.05, 0.1) is 6.54 Å². The summed E-state index contributed by atoms with van der Waals surface area (Å²) < 4.78 is 5.37. The van der Waals surface area contributed by atoms with E-state index in [2.05, 4.69) is 0 Å². The van der Waals surface area contributed by atoms with Crippen LogP contribution in [-0.2, 0) is 11.3 Å². The molecule has 6 heteroatoms. The predicted octanol–water partition coefficient (Wildman–Crippen LogP) is 0.679. The number of carbonyl (C=O) groups excluding carboxylic acids is 2. The zero-order valence-corrected chi connectivity index (χ0v) is 12.0. The van der Waals surface area contributed by atoms with E-state index in [0.717, 1.165) is 0 Å². The third-order valence-electron chi connectivity index (χ3n) is 3.65. The highest BCUT2D eigenvalue weighted by molar-refractivity contribution is 5.91. The van der Waals surface area contributed by atoms with Crippen molar-refractivity contribution in [1.82, 2.24) is 9.80 Å². The first-order valence-corrected chi connectivity index (χ1v) is 6.82. The van der Waals surface area contributed by atoms with Crippen LogP contribution >= 0.6 is 0 Å². The molecule has 1 saturated heterocycles. The van der Waals surface area contributed by atoms with Gasteiger partial charge in [0.1, 0.15) is 5.76 Å². The van der Waals surface area contributed by atoms with Crippen molar-refractivity contribution in [3.05, 3.63) is 23.7 Å². The summed E-state index contributed by atoms with van der Waals surface area (Å²) in [5.41, 5.74) is 5.46. The highest BCUT2D eigenvalue weighted by Crippen LogP contribution is 2.21. The van der Waals surface area contributed by atoms with Gasteiger partial charge in [-0.05, 0) is 25.0 Å². The van der Waals surface area contributed by atoms with Gasteiger partial charge >= 0.3 is 0 Å². The fraction of sp³-hybridized carbons (Fsp3) is 0.571. The molecule has 1 aromatic rings. The molecule has 20 heavy (non-hydrogen) atoms. The summed E-state index contributed by atoms with van der Waals surface area (Å²) in [7, 11) is 3.52. The average Bonchev–Trinajstić information content (AvgIpc) is 2.94. The van der Waals surface area contributed by atoms with Crippen LogP contribution in [0.15, 0.2) is 16.5 Å². The molecule has 2 amide bonds. The minimum atomic E-state index is -0.125. The lowest BCUT2D eigenvalue weighted by Crippen LogP contribution is -2.42. The molecule has 0 bridgehead atoms. The van der Waals surface area contributed by atoms with Crippen LogP contribution in [0.25, 0.3) is 0 Å². The smallest absolute Gasteiger partial charge is 0.289 e. The second kappa shape index (κ2) is 6.09. The van der Waals surface area contributed by atoms with Gasteiger partial charge in [-0.15, -0.1) is 0 Å². The fourth-order valence-corrected chi connectivity index (χ4v) is 2.45. The van der Waals surface area contributed by atoms with Crippen molar-refractivity contribution in [2.45, 2.75) is 19.4 Å². The quantitative estimate of drug-likeness (QED) is 0.882. The number of hydrogen-bond acceptors (Lipinski definition) is 4. The molecule has 1 aromatic heterocycles. The zero-order valence-electron chi connectivity index (χ0n) is 12.0. The number of rotatable bonds is 3. The molecule has 0 aromatic carbocycles. The number of nitrogens with zero attached hydrogens (tertiary/aromatic N) is 2. The number of carbonyl (C=O) groups is 2. The Labute approximate surface area is 118 Å². The topological polar surface area (TPSA) is 79.8 Å². The maximum Gasteiger partial charge on any atom is 0.289 e. The summed E-state index contributed by atoms with van der Waals surface area (Å²) in [6.45, 7) is 1.45. The number of likely N-dealkylation sites (tertiary alicyclic amines) is 1. The Morgan fingerprint density at radius 3 is 2.50 bits per heavy atom. The van der Waals surface area contributed by atoms with E-state index in [9.17, 15) is 9.59 Å². The first-order valence-electron chi connectivity index (χ1n) is 6.82. The standard InChI is InChI=1S/C14H21N3O3/c1-16(2)13(18)10-5-7-17(8-6-10)14(19)12-4-3-11(9-15)20-12/h3-4,10H,5-9,15H2,1-2H3. The second-order valence-electron chi connectivity index (χ2n) is 5.27. The number of amides is 2. The molecule has 0 radical (unpaired) electrons. The van der Waals surface area contributed by atoms with Crippen molar-refractivity contribution in [2.24, 2.45) is 11.7 Å². The molecule has 0 saturated carbocycles. The summed E-state index contributed by atoms with van der Waals surface area (Å²) in [6, 6.07) is 3.37. The van der Waals surface area contributed by atoms with Crippen LogP contribution in [0.2, 0.25) is 0 Å². The van der Waals surface area contributed by atoms with Crippen molar-refractivity contribution >= 4 is 11.8 Å². The fourth-order valence-electron chi connectivity index (χ4n) is 2.45. The first-order chi connectivity index (χ1) is 9.52. The van der Waals surface area contributed by atoms with Crippen LogP contribution < -0.4 is 5.73 Å². The van der Waals surface area contributed by atoms with Crippen LogP contribution in [-0.4, -0.2) is 48.8 Å². The molecule has 1 aliphatic rings. The third kappa shape index (κ3) is 3.01. The molecule has 2 N–H and O–H groups in total. The molecule has 0 unspecified atom stereocenters. The van der Waals surface area contributed by atoms with E-state index in [1.54, 1.807) is 36.0 Å². The average molecular weight is 279 g/mol. The Kier molecular flexibility index (Phi) is 4.44. The Bertz CT molecular complexity index is 488. The zero-order chi connectivity index (χ0) is 14.7. The van der Waals surface area contributed by atoms with Crippen molar-refractivity contribution in [3.63, 3.8) is 0 Å². The minimum Gasteiger partial charge on any atom is -0.455 e. The summed E-state index contributed by atoms with van der Waals surface area (Å²) >= 11 is 0. The normalized spacial score (nSPS) is 16.2. The highest BCUT2D eigenvalue weighted by atomic mass is 16.4. The van der Waals surface area contributed by atoms with Gasteiger partial charge in [0.25, 0.3) is 5.91 Å². The van der Waals surface area contributed by atoms with Gasteiger partial charge in [0, 0.05) is 33.1 Å². The van der Waals surface area contributed by atoms with Crippen LogP contribution in [0, 0.1) is 5.92 Å². The van der Waals surface area contributed by atoms with E-state index in [0.29, 0.717) is 37.5 Å². The summed E-state index contributed by atoms with van der Waals surface area (Å²) in [5, 5.41) is 0. The Hall–Kier alpha value is -1.82. The summed E-state index contributed by atoms with van der Waals surface area (Å²) in [5.74, 6) is 0.958. The lowest BCUT2D eigenvalue weighted by Gasteiger charge is -2.31. The minimum absolute atomic E-state index is 0.0188. The van der Waals surface area contributed by atoms with E-state index < -0.39 is 0 Å². The van der Waals surface area contributed by atoms with E-state index in [4.69, 9.17) is 10.2 Å². The Morgan fingerprint density at radius 2 is 2.00 bits per heavy atom. The SMILES string of the molecule is CN(C)C(=O)C1CCN(C(=O)c2ccc(CN)o2)CC1. The molecule has 0 spiro atoms. The predicted molar refractivity (Wildman–Crippen MR) is 73.9 cm³/mol. The molecule has 0 atom stereocenters. The van der Waals surface area contributed by atoms with Crippen molar-refractivity contribution in [1.29, 1.82) is 0 Å². The lowest BCUT2D eigenvalue weighted by molar-refractivity contribution is -0.134. The van der Waals surface area contributed by atoms with Crippen LogP contribution in [0.1, 0.15) is 29.2 Å². The van der Waals surface area contributed by atoms with Crippen LogP contribution in [0.5, 0.6) is 0 Å². The maximum absolute atomic E-state index is 12.2. The molecule has 2 heterocycles.